The van der Waals surface area contributed by atoms with Crippen LogP contribution in [0.3, 0.4) is 0 Å². The van der Waals surface area contributed by atoms with Crippen LogP contribution in [-0.2, 0) is 28.3 Å². The summed E-state index contributed by atoms with van der Waals surface area (Å²) in [5.74, 6) is 0.391. The van der Waals surface area contributed by atoms with Gasteiger partial charge >= 0.3 is 0 Å². The number of piperazine rings is 1. The highest BCUT2D eigenvalue weighted by Gasteiger charge is 2.30. The summed E-state index contributed by atoms with van der Waals surface area (Å²) in [7, 11) is -1.57. The first-order valence-corrected chi connectivity index (χ1v) is 12.1. The fraction of sp³-hybridized carbons (Fsp3) is 0.375. The van der Waals surface area contributed by atoms with E-state index in [1.54, 1.807) is 17.0 Å². The van der Waals surface area contributed by atoms with E-state index < -0.39 is 10.0 Å². The molecular weight excluding hydrogens is 410 g/mol. The molecule has 0 saturated carbocycles. The number of aromatic nitrogens is 1. The van der Waals surface area contributed by atoms with Gasteiger partial charge in [0.2, 0.25) is 15.9 Å². The Morgan fingerprint density at radius 3 is 2.26 bits per heavy atom. The SMILES string of the molecule is CC(C)c1ccc(S(=O)(=O)N2CCN(C(=O)Cc3cn(C)c4ccccc34)CC2)cc1. The Hall–Kier alpha value is -2.64. The highest BCUT2D eigenvalue weighted by molar-refractivity contribution is 7.89. The van der Waals surface area contributed by atoms with Gasteiger partial charge in [-0.1, -0.05) is 44.2 Å². The van der Waals surface area contributed by atoms with Crippen molar-refractivity contribution in [2.45, 2.75) is 31.1 Å². The minimum atomic E-state index is -3.55. The Balaban J connectivity index is 1.41. The van der Waals surface area contributed by atoms with Crippen LogP contribution in [-0.4, -0.2) is 54.3 Å². The Kier molecular flexibility index (Phi) is 5.90. The number of hydrogen-bond donors (Lipinski definition) is 0. The number of aryl methyl sites for hydroxylation is 1. The van der Waals surface area contributed by atoms with Crippen LogP contribution in [0.4, 0.5) is 0 Å². The molecule has 1 aliphatic heterocycles. The molecule has 2 aromatic carbocycles. The molecule has 0 bridgehead atoms. The lowest BCUT2D eigenvalue weighted by atomic mass is 10.0. The van der Waals surface area contributed by atoms with E-state index in [2.05, 4.69) is 13.8 Å². The second-order valence-corrected chi connectivity index (χ2v) is 10.4. The standard InChI is InChI=1S/C24H29N3O3S/c1-18(2)19-8-10-21(11-9-19)31(29,30)27-14-12-26(13-15-27)24(28)16-20-17-25(3)23-7-5-4-6-22(20)23/h4-11,17-18H,12-16H2,1-3H3. The van der Waals surface area contributed by atoms with E-state index in [1.807, 2.05) is 54.2 Å². The summed E-state index contributed by atoms with van der Waals surface area (Å²) >= 11 is 0. The molecule has 6 nitrogen and oxygen atoms in total. The monoisotopic (exact) mass is 439 g/mol. The summed E-state index contributed by atoms with van der Waals surface area (Å²) in [6.45, 7) is 5.61. The number of fused-ring (bicyclic) bond motifs is 1. The number of carbonyl (C=O) groups excluding carboxylic acids is 1. The van der Waals surface area contributed by atoms with Gasteiger partial charge in [0.1, 0.15) is 0 Å². The first-order chi connectivity index (χ1) is 14.8. The summed E-state index contributed by atoms with van der Waals surface area (Å²) < 4.78 is 29.5. The average molecular weight is 440 g/mol. The van der Waals surface area contributed by atoms with Gasteiger partial charge in [0.15, 0.2) is 0 Å². The highest BCUT2D eigenvalue weighted by Crippen LogP contribution is 2.23. The van der Waals surface area contributed by atoms with Crippen molar-refractivity contribution < 1.29 is 13.2 Å². The summed E-state index contributed by atoms with van der Waals surface area (Å²) in [6, 6.07) is 15.2. The third-order valence-electron chi connectivity index (χ3n) is 6.10. The molecule has 1 fully saturated rings. The molecule has 0 unspecified atom stereocenters. The molecular formula is C24H29N3O3S. The number of nitrogens with zero attached hydrogens (tertiary/aromatic N) is 3. The van der Waals surface area contributed by atoms with Gasteiger partial charge in [-0.3, -0.25) is 4.79 Å². The predicted octanol–water partition coefficient (Wildman–Crippen LogP) is 3.38. The lowest BCUT2D eigenvalue weighted by molar-refractivity contribution is -0.131. The van der Waals surface area contributed by atoms with Crippen LogP contribution < -0.4 is 0 Å². The van der Waals surface area contributed by atoms with E-state index >= 15 is 0 Å². The van der Waals surface area contributed by atoms with E-state index in [0.717, 1.165) is 22.0 Å². The van der Waals surface area contributed by atoms with Crippen molar-refractivity contribution in [3.05, 3.63) is 65.9 Å². The first kappa shape index (κ1) is 21.6. The number of hydrogen-bond acceptors (Lipinski definition) is 3. The Bertz CT molecular complexity index is 1190. The molecule has 31 heavy (non-hydrogen) atoms. The van der Waals surface area contributed by atoms with Gasteiger partial charge in [-0.05, 0) is 35.2 Å². The van der Waals surface area contributed by atoms with Crippen LogP contribution in [0.15, 0.2) is 59.6 Å². The van der Waals surface area contributed by atoms with Crippen molar-refractivity contribution in [3.63, 3.8) is 0 Å². The van der Waals surface area contributed by atoms with Crippen molar-refractivity contribution in [3.8, 4) is 0 Å². The zero-order valence-electron chi connectivity index (χ0n) is 18.3. The van der Waals surface area contributed by atoms with Crippen LogP contribution in [0.25, 0.3) is 10.9 Å². The Labute approximate surface area is 184 Å². The normalized spacial score (nSPS) is 15.7. The second kappa shape index (κ2) is 8.48. The van der Waals surface area contributed by atoms with Gasteiger partial charge in [0.25, 0.3) is 0 Å². The second-order valence-electron chi connectivity index (χ2n) is 8.47. The molecule has 3 aromatic rings. The van der Waals surface area contributed by atoms with Crippen molar-refractivity contribution >= 4 is 26.8 Å². The molecule has 1 aliphatic rings. The van der Waals surface area contributed by atoms with Gasteiger partial charge in [-0.25, -0.2) is 8.42 Å². The molecule has 0 N–H and O–H groups in total. The molecule has 0 radical (unpaired) electrons. The third kappa shape index (κ3) is 4.25. The zero-order chi connectivity index (χ0) is 22.2. The molecule has 0 aliphatic carbocycles. The maximum atomic E-state index is 13.0. The fourth-order valence-electron chi connectivity index (χ4n) is 4.19. The van der Waals surface area contributed by atoms with E-state index in [0.29, 0.717) is 43.4 Å². The van der Waals surface area contributed by atoms with Gasteiger partial charge in [-0.2, -0.15) is 4.31 Å². The van der Waals surface area contributed by atoms with Gasteiger partial charge < -0.3 is 9.47 Å². The molecule has 0 atom stereocenters. The zero-order valence-corrected chi connectivity index (χ0v) is 19.1. The van der Waals surface area contributed by atoms with Crippen molar-refractivity contribution in [1.82, 2.24) is 13.8 Å². The van der Waals surface area contributed by atoms with Crippen LogP contribution >= 0.6 is 0 Å². The van der Waals surface area contributed by atoms with Crippen molar-refractivity contribution in [2.75, 3.05) is 26.2 Å². The van der Waals surface area contributed by atoms with Gasteiger partial charge in [0.05, 0.1) is 11.3 Å². The maximum absolute atomic E-state index is 13.0. The smallest absolute Gasteiger partial charge is 0.243 e. The number of rotatable bonds is 5. The first-order valence-electron chi connectivity index (χ1n) is 10.7. The molecule has 0 spiro atoms. The number of sulfonamides is 1. The molecule has 4 rings (SSSR count). The number of carbonyl (C=O) groups is 1. The summed E-state index contributed by atoms with van der Waals surface area (Å²) in [5.41, 5.74) is 3.22. The van der Waals surface area contributed by atoms with Crippen LogP contribution in [0.5, 0.6) is 0 Å². The van der Waals surface area contributed by atoms with Crippen LogP contribution in [0.2, 0.25) is 0 Å². The molecule has 164 valence electrons. The van der Waals surface area contributed by atoms with Crippen molar-refractivity contribution in [2.24, 2.45) is 7.05 Å². The van der Waals surface area contributed by atoms with E-state index in [9.17, 15) is 13.2 Å². The minimum Gasteiger partial charge on any atom is -0.350 e. The van der Waals surface area contributed by atoms with Gasteiger partial charge in [-0.15, -0.1) is 0 Å². The van der Waals surface area contributed by atoms with Crippen LogP contribution in [0, 0.1) is 0 Å². The third-order valence-corrected chi connectivity index (χ3v) is 8.01. The van der Waals surface area contributed by atoms with Crippen molar-refractivity contribution in [1.29, 1.82) is 0 Å². The maximum Gasteiger partial charge on any atom is 0.243 e. The summed E-state index contributed by atoms with van der Waals surface area (Å²) in [6.07, 6.45) is 2.33. The Morgan fingerprint density at radius 2 is 1.61 bits per heavy atom. The van der Waals surface area contributed by atoms with E-state index in [4.69, 9.17) is 0 Å². The quantitative estimate of drug-likeness (QED) is 0.612. The van der Waals surface area contributed by atoms with E-state index in [-0.39, 0.29) is 5.91 Å². The summed E-state index contributed by atoms with van der Waals surface area (Å²) in [5, 5.41) is 1.09. The highest BCUT2D eigenvalue weighted by atomic mass is 32.2. The summed E-state index contributed by atoms with van der Waals surface area (Å²) in [4.78, 5) is 15.0. The predicted molar refractivity (Wildman–Crippen MR) is 122 cm³/mol. The number of amides is 1. The van der Waals surface area contributed by atoms with Crippen LogP contribution in [0.1, 0.15) is 30.9 Å². The lowest BCUT2D eigenvalue weighted by Crippen LogP contribution is -2.50. The molecule has 1 saturated heterocycles. The minimum absolute atomic E-state index is 0.0367. The Morgan fingerprint density at radius 1 is 0.968 bits per heavy atom. The fourth-order valence-corrected chi connectivity index (χ4v) is 5.61. The average Bonchev–Trinajstić information content (AvgIpc) is 3.09. The molecule has 1 amide bonds. The molecule has 2 heterocycles. The molecule has 7 heteroatoms. The lowest BCUT2D eigenvalue weighted by Gasteiger charge is -2.34. The molecule has 1 aromatic heterocycles. The largest absolute Gasteiger partial charge is 0.350 e. The van der Waals surface area contributed by atoms with E-state index in [1.165, 1.54) is 4.31 Å². The van der Waals surface area contributed by atoms with Gasteiger partial charge in [0, 0.05) is 50.3 Å². The number of para-hydroxylation sites is 1. The number of benzene rings is 2. The topological polar surface area (TPSA) is 62.6 Å².